The molecular formula is C12H15N3OS. The van der Waals surface area contributed by atoms with Crippen LogP contribution in [0.4, 0.5) is 5.69 Å². The molecule has 0 radical (unpaired) electrons. The van der Waals surface area contributed by atoms with Gasteiger partial charge in [-0.3, -0.25) is 4.79 Å². The van der Waals surface area contributed by atoms with E-state index in [0.717, 1.165) is 16.4 Å². The van der Waals surface area contributed by atoms with Gasteiger partial charge in [0.15, 0.2) is 0 Å². The maximum Gasteiger partial charge on any atom is 0.250 e. The maximum absolute atomic E-state index is 11.4. The second-order valence-electron chi connectivity index (χ2n) is 3.75. The Bertz CT molecular complexity index is 559. The zero-order chi connectivity index (χ0) is 12.3. The quantitative estimate of drug-likeness (QED) is 0.904. The zero-order valence-corrected chi connectivity index (χ0v) is 10.8. The minimum atomic E-state index is 0.0301. The van der Waals surface area contributed by atoms with Gasteiger partial charge in [0, 0.05) is 24.2 Å². The summed E-state index contributed by atoms with van der Waals surface area (Å²) in [5.74, 6) is 0. The topological polar surface area (TPSA) is 46.9 Å². The van der Waals surface area contributed by atoms with Gasteiger partial charge in [0.05, 0.1) is 22.9 Å². The fourth-order valence-corrected chi connectivity index (χ4v) is 2.18. The van der Waals surface area contributed by atoms with E-state index in [0.29, 0.717) is 13.1 Å². The molecule has 0 aromatic carbocycles. The third-order valence-corrected chi connectivity index (χ3v) is 3.29. The first-order valence-electron chi connectivity index (χ1n) is 5.54. The highest BCUT2D eigenvalue weighted by Gasteiger charge is 2.00. The van der Waals surface area contributed by atoms with E-state index in [1.165, 1.54) is 0 Å². The van der Waals surface area contributed by atoms with Crippen LogP contribution in [0.1, 0.15) is 17.6 Å². The molecule has 4 nitrogen and oxygen atoms in total. The highest BCUT2D eigenvalue weighted by Crippen LogP contribution is 2.10. The number of hydrogen-bond acceptors (Lipinski definition) is 4. The molecule has 0 spiro atoms. The smallest absolute Gasteiger partial charge is 0.250 e. The van der Waals surface area contributed by atoms with E-state index < -0.39 is 0 Å². The molecular weight excluding hydrogens is 234 g/mol. The number of anilines is 1. The van der Waals surface area contributed by atoms with Gasteiger partial charge in [-0.2, -0.15) is 0 Å². The van der Waals surface area contributed by atoms with Crippen LogP contribution in [0, 0.1) is 6.92 Å². The number of hydrogen-bond donors (Lipinski definition) is 1. The van der Waals surface area contributed by atoms with E-state index in [2.05, 4.69) is 10.3 Å². The van der Waals surface area contributed by atoms with Crippen molar-refractivity contribution >= 4 is 17.0 Å². The first kappa shape index (κ1) is 11.9. The molecule has 0 aliphatic rings. The van der Waals surface area contributed by atoms with Crippen molar-refractivity contribution in [3.05, 3.63) is 44.8 Å². The monoisotopic (exact) mass is 249 g/mol. The fraction of sp³-hybridized carbons (Fsp3) is 0.333. The zero-order valence-electron chi connectivity index (χ0n) is 9.93. The average Bonchev–Trinajstić information content (AvgIpc) is 2.74. The van der Waals surface area contributed by atoms with E-state index in [-0.39, 0.29) is 5.56 Å². The molecule has 0 aliphatic carbocycles. The number of nitrogens with one attached hydrogen (secondary N) is 1. The predicted octanol–water partition coefficient (Wildman–Crippen LogP) is 2.25. The summed E-state index contributed by atoms with van der Waals surface area (Å²) < 4.78 is 1.68. The first-order chi connectivity index (χ1) is 8.19. The molecule has 2 aromatic rings. The van der Waals surface area contributed by atoms with Gasteiger partial charge in [0.2, 0.25) is 0 Å². The van der Waals surface area contributed by atoms with Crippen molar-refractivity contribution in [1.29, 1.82) is 0 Å². The first-order valence-corrected chi connectivity index (χ1v) is 6.42. The molecule has 5 heteroatoms. The van der Waals surface area contributed by atoms with Crippen LogP contribution in [0.3, 0.4) is 0 Å². The van der Waals surface area contributed by atoms with Crippen LogP contribution in [0.25, 0.3) is 0 Å². The molecule has 0 bridgehead atoms. The Labute approximate surface area is 104 Å². The third-order valence-electron chi connectivity index (χ3n) is 2.46. The van der Waals surface area contributed by atoms with Crippen molar-refractivity contribution in [3.8, 4) is 0 Å². The Morgan fingerprint density at radius 3 is 2.94 bits per heavy atom. The lowest BCUT2D eigenvalue weighted by atomic mass is 10.4. The lowest BCUT2D eigenvalue weighted by molar-refractivity contribution is 0.727. The van der Waals surface area contributed by atoms with Crippen LogP contribution in [0.15, 0.2) is 28.5 Å². The molecule has 0 aliphatic heterocycles. The van der Waals surface area contributed by atoms with Gasteiger partial charge < -0.3 is 9.88 Å². The SMILES string of the molecule is CCn1cc(NCc2csc(C)n2)ccc1=O. The van der Waals surface area contributed by atoms with Crippen molar-refractivity contribution in [2.75, 3.05) is 5.32 Å². The van der Waals surface area contributed by atoms with E-state index in [4.69, 9.17) is 0 Å². The molecule has 2 aromatic heterocycles. The number of aromatic nitrogens is 2. The highest BCUT2D eigenvalue weighted by molar-refractivity contribution is 7.09. The van der Waals surface area contributed by atoms with E-state index >= 15 is 0 Å². The van der Waals surface area contributed by atoms with Crippen LogP contribution in [-0.4, -0.2) is 9.55 Å². The summed E-state index contributed by atoms with van der Waals surface area (Å²) in [7, 11) is 0. The molecule has 0 saturated heterocycles. The van der Waals surface area contributed by atoms with Gasteiger partial charge in [-0.25, -0.2) is 4.98 Å². The van der Waals surface area contributed by atoms with Crippen molar-refractivity contribution in [3.63, 3.8) is 0 Å². The summed E-state index contributed by atoms with van der Waals surface area (Å²) >= 11 is 1.64. The standard InChI is InChI=1S/C12H15N3OS/c1-3-15-7-10(4-5-12(15)16)13-6-11-8-17-9(2)14-11/h4-5,7-8,13H,3,6H2,1-2H3. The Balaban J connectivity index is 2.06. The summed E-state index contributed by atoms with van der Waals surface area (Å²) in [6.45, 7) is 5.32. The summed E-state index contributed by atoms with van der Waals surface area (Å²) in [5.41, 5.74) is 2.00. The molecule has 0 fully saturated rings. The summed E-state index contributed by atoms with van der Waals surface area (Å²) in [5, 5.41) is 6.37. The lowest BCUT2D eigenvalue weighted by Crippen LogP contribution is -2.17. The summed E-state index contributed by atoms with van der Waals surface area (Å²) in [6.07, 6.45) is 1.83. The molecule has 17 heavy (non-hydrogen) atoms. The van der Waals surface area contributed by atoms with Gasteiger partial charge in [-0.05, 0) is 19.9 Å². The third kappa shape index (κ3) is 2.94. The van der Waals surface area contributed by atoms with Crippen LogP contribution < -0.4 is 10.9 Å². The second kappa shape index (κ2) is 5.14. The average molecular weight is 249 g/mol. The van der Waals surface area contributed by atoms with Crippen LogP contribution in [0.2, 0.25) is 0 Å². The lowest BCUT2D eigenvalue weighted by Gasteiger charge is -2.07. The maximum atomic E-state index is 11.4. The van der Waals surface area contributed by atoms with Crippen LogP contribution >= 0.6 is 11.3 Å². The van der Waals surface area contributed by atoms with E-state index in [1.807, 2.05) is 25.4 Å². The number of thiazole rings is 1. The van der Waals surface area contributed by atoms with Gasteiger partial charge in [-0.1, -0.05) is 0 Å². The van der Waals surface area contributed by atoms with Crippen LogP contribution in [0.5, 0.6) is 0 Å². The highest BCUT2D eigenvalue weighted by atomic mass is 32.1. The van der Waals surface area contributed by atoms with Gasteiger partial charge in [-0.15, -0.1) is 11.3 Å². The second-order valence-corrected chi connectivity index (χ2v) is 4.82. The van der Waals surface area contributed by atoms with Crippen molar-refractivity contribution in [2.24, 2.45) is 0 Å². The minimum Gasteiger partial charge on any atom is -0.378 e. The van der Waals surface area contributed by atoms with Gasteiger partial charge >= 0.3 is 0 Å². The Morgan fingerprint density at radius 1 is 1.47 bits per heavy atom. The summed E-state index contributed by atoms with van der Waals surface area (Å²) in [6, 6.07) is 3.38. The molecule has 0 unspecified atom stereocenters. The number of pyridine rings is 1. The molecule has 0 atom stereocenters. The largest absolute Gasteiger partial charge is 0.378 e. The fourth-order valence-electron chi connectivity index (χ4n) is 1.57. The van der Waals surface area contributed by atoms with Crippen molar-refractivity contribution in [1.82, 2.24) is 9.55 Å². The Hall–Kier alpha value is -1.62. The molecule has 2 rings (SSSR count). The Morgan fingerprint density at radius 2 is 2.29 bits per heavy atom. The predicted molar refractivity (Wildman–Crippen MR) is 70.6 cm³/mol. The number of rotatable bonds is 4. The summed E-state index contributed by atoms with van der Waals surface area (Å²) in [4.78, 5) is 15.8. The van der Waals surface area contributed by atoms with E-state index in [1.54, 1.807) is 28.0 Å². The normalized spacial score (nSPS) is 10.5. The minimum absolute atomic E-state index is 0.0301. The number of nitrogens with zero attached hydrogens (tertiary/aromatic N) is 2. The molecule has 2 heterocycles. The van der Waals surface area contributed by atoms with Gasteiger partial charge in [0.25, 0.3) is 5.56 Å². The van der Waals surface area contributed by atoms with Crippen molar-refractivity contribution in [2.45, 2.75) is 26.9 Å². The molecule has 0 saturated carbocycles. The number of aryl methyl sites for hydroxylation is 2. The molecule has 1 N–H and O–H groups in total. The van der Waals surface area contributed by atoms with Gasteiger partial charge in [0.1, 0.15) is 0 Å². The van der Waals surface area contributed by atoms with E-state index in [9.17, 15) is 4.79 Å². The molecule has 90 valence electrons. The molecule has 0 amide bonds. The Kier molecular flexibility index (Phi) is 3.58. The van der Waals surface area contributed by atoms with Crippen LogP contribution in [-0.2, 0) is 13.1 Å². The van der Waals surface area contributed by atoms with Crippen molar-refractivity contribution < 1.29 is 0 Å².